The van der Waals surface area contributed by atoms with Gasteiger partial charge in [-0.15, -0.1) is 0 Å². The van der Waals surface area contributed by atoms with Crippen molar-refractivity contribution in [1.82, 2.24) is 0 Å². The summed E-state index contributed by atoms with van der Waals surface area (Å²) < 4.78 is 16.2. The van der Waals surface area contributed by atoms with Crippen LogP contribution in [0.25, 0.3) is 0 Å². The van der Waals surface area contributed by atoms with Gasteiger partial charge >= 0.3 is 0 Å². The van der Waals surface area contributed by atoms with Gasteiger partial charge in [0.2, 0.25) is 6.79 Å². The minimum absolute atomic E-state index is 0.182. The number of nitrogens with one attached hydrogen (secondary N) is 1. The Kier molecular flexibility index (Phi) is 3.86. The van der Waals surface area contributed by atoms with Gasteiger partial charge in [0.05, 0.1) is 13.2 Å². The fourth-order valence-electron chi connectivity index (χ4n) is 2.54. The SMILES string of the molecule is CCC(Nc1ccc2c(c1)OCO2)c1ccccc1OC. The van der Waals surface area contributed by atoms with Gasteiger partial charge in [0.25, 0.3) is 0 Å². The Hall–Kier alpha value is -2.36. The van der Waals surface area contributed by atoms with Crippen molar-refractivity contribution in [3.63, 3.8) is 0 Å². The second kappa shape index (κ2) is 5.95. The molecule has 1 aliphatic heterocycles. The standard InChI is InChI=1S/C17H19NO3/c1-3-14(13-6-4-5-7-15(13)19-2)18-12-8-9-16-17(10-12)21-11-20-16/h4-10,14,18H,3,11H2,1-2H3. The van der Waals surface area contributed by atoms with Crippen molar-refractivity contribution in [2.75, 3.05) is 19.2 Å². The average molecular weight is 285 g/mol. The van der Waals surface area contributed by atoms with E-state index in [0.29, 0.717) is 6.79 Å². The quantitative estimate of drug-likeness (QED) is 0.901. The second-order valence-electron chi connectivity index (χ2n) is 4.92. The van der Waals surface area contributed by atoms with Crippen molar-refractivity contribution in [1.29, 1.82) is 0 Å². The highest BCUT2D eigenvalue weighted by atomic mass is 16.7. The lowest BCUT2D eigenvalue weighted by Gasteiger charge is -2.21. The summed E-state index contributed by atoms with van der Waals surface area (Å²) in [7, 11) is 1.70. The Morgan fingerprint density at radius 3 is 2.76 bits per heavy atom. The number of para-hydroxylation sites is 1. The fourth-order valence-corrected chi connectivity index (χ4v) is 2.54. The van der Waals surface area contributed by atoms with Crippen LogP contribution in [0.15, 0.2) is 42.5 Å². The third-order valence-corrected chi connectivity index (χ3v) is 3.64. The fraction of sp³-hybridized carbons (Fsp3) is 0.294. The van der Waals surface area contributed by atoms with Crippen molar-refractivity contribution >= 4 is 5.69 Å². The number of ether oxygens (including phenoxy) is 3. The van der Waals surface area contributed by atoms with E-state index in [0.717, 1.165) is 34.9 Å². The van der Waals surface area contributed by atoms with Crippen molar-refractivity contribution in [2.45, 2.75) is 19.4 Å². The molecule has 0 radical (unpaired) electrons. The molecule has 21 heavy (non-hydrogen) atoms. The molecule has 0 aliphatic carbocycles. The average Bonchev–Trinajstić information content (AvgIpc) is 3.00. The van der Waals surface area contributed by atoms with E-state index < -0.39 is 0 Å². The van der Waals surface area contributed by atoms with Crippen LogP contribution in [0.4, 0.5) is 5.69 Å². The Bertz CT molecular complexity index is 627. The summed E-state index contributed by atoms with van der Waals surface area (Å²) in [5, 5.41) is 3.53. The predicted molar refractivity (Wildman–Crippen MR) is 82.2 cm³/mol. The first kappa shape index (κ1) is 13.6. The van der Waals surface area contributed by atoms with Gasteiger partial charge in [-0.25, -0.2) is 0 Å². The molecule has 0 aromatic heterocycles. The van der Waals surface area contributed by atoms with Crippen LogP contribution in [0.1, 0.15) is 24.9 Å². The van der Waals surface area contributed by atoms with Crippen LogP contribution >= 0.6 is 0 Å². The summed E-state index contributed by atoms with van der Waals surface area (Å²) in [6.07, 6.45) is 0.953. The van der Waals surface area contributed by atoms with Crippen molar-refractivity contribution in [2.24, 2.45) is 0 Å². The Morgan fingerprint density at radius 2 is 1.95 bits per heavy atom. The number of anilines is 1. The summed E-state index contributed by atoms with van der Waals surface area (Å²) in [5.41, 5.74) is 2.16. The zero-order valence-corrected chi connectivity index (χ0v) is 12.3. The highest BCUT2D eigenvalue weighted by Crippen LogP contribution is 2.36. The summed E-state index contributed by atoms with van der Waals surface area (Å²) in [6, 6.07) is 14.2. The molecule has 2 aromatic rings. The second-order valence-corrected chi connectivity index (χ2v) is 4.92. The normalized spacial score (nSPS) is 13.8. The highest BCUT2D eigenvalue weighted by molar-refractivity contribution is 5.57. The van der Waals surface area contributed by atoms with E-state index in [4.69, 9.17) is 14.2 Å². The highest BCUT2D eigenvalue weighted by Gasteiger charge is 2.17. The molecule has 110 valence electrons. The molecule has 4 heteroatoms. The largest absolute Gasteiger partial charge is 0.496 e. The van der Waals surface area contributed by atoms with Gasteiger partial charge in [0.1, 0.15) is 5.75 Å². The molecule has 1 aliphatic rings. The first-order chi connectivity index (χ1) is 10.3. The molecular weight excluding hydrogens is 266 g/mol. The monoisotopic (exact) mass is 285 g/mol. The Labute approximate surface area is 124 Å². The predicted octanol–water partition coefficient (Wildman–Crippen LogP) is 3.99. The van der Waals surface area contributed by atoms with Gasteiger partial charge in [-0.2, -0.15) is 0 Å². The zero-order valence-electron chi connectivity index (χ0n) is 12.3. The third-order valence-electron chi connectivity index (χ3n) is 3.64. The van der Waals surface area contributed by atoms with Crippen LogP contribution < -0.4 is 19.5 Å². The van der Waals surface area contributed by atoms with E-state index in [-0.39, 0.29) is 6.04 Å². The molecule has 4 nitrogen and oxygen atoms in total. The van der Waals surface area contributed by atoms with E-state index in [2.05, 4.69) is 18.3 Å². The van der Waals surface area contributed by atoms with E-state index in [9.17, 15) is 0 Å². The van der Waals surface area contributed by atoms with E-state index in [1.165, 1.54) is 0 Å². The van der Waals surface area contributed by atoms with Crippen LogP contribution in [-0.4, -0.2) is 13.9 Å². The molecule has 3 rings (SSSR count). The third kappa shape index (κ3) is 2.75. The summed E-state index contributed by atoms with van der Waals surface area (Å²) in [4.78, 5) is 0. The molecule has 1 atom stereocenters. The minimum Gasteiger partial charge on any atom is -0.496 e. The maximum absolute atomic E-state index is 5.46. The Balaban J connectivity index is 1.84. The van der Waals surface area contributed by atoms with E-state index in [1.54, 1.807) is 7.11 Å². The summed E-state index contributed by atoms with van der Waals surface area (Å²) >= 11 is 0. The van der Waals surface area contributed by atoms with Gasteiger partial charge in [0.15, 0.2) is 11.5 Å². The first-order valence-electron chi connectivity index (χ1n) is 7.11. The molecule has 1 unspecified atom stereocenters. The Morgan fingerprint density at radius 1 is 1.14 bits per heavy atom. The summed E-state index contributed by atoms with van der Waals surface area (Å²) in [6.45, 7) is 2.44. The molecule has 1 heterocycles. The minimum atomic E-state index is 0.182. The van der Waals surface area contributed by atoms with Crippen molar-refractivity contribution in [3.8, 4) is 17.2 Å². The maximum Gasteiger partial charge on any atom is 0.231 e. The lowest BCUT2D eigenvalue weighted by Crippen LogP contribution is -2.10. The molecule has 0 saturated carbocycles. The molecule has 0 spiro atoms. The van der Waals surface area contributed by atoms with Crippen LogP contribution in [0.2, 0.25) is 0 Å². The van der Waals surface area contributed by atoms with Gasteiger partial charge in [-0.1, -0.05) is 25.1 Å². The molecule has 0 fully saturated rings. The maximum atomic E-state index is 5.46. The van der Waals surface area contributed by atoms with Gasteiger partial charge in [-0.3, -0.25) is 0 Å². The number of benzene rings is 2. The van der Waals surface area contributed by atoms with Crippen molar-refractivity contribution in [3.05, 3.63) is 48.0 Å². The van der Waals surface area contributed by atoms with Crippen LogP contribution in [0.3, 0.4) is 0 Å². The topological polar surface area (TPSA) is 39.7 Å². The number of hydrogen-bond acceptors (Lipinski definition) is 4. The number of rotatable bonds is 5. The number of methoxy groups -OCH3 is 1. The molecule has 0 saturated heterocycles. The van der Waals surface area contributed by atoms with Gasteiger partial charge in [0, 0.05) is 17.3 Å². The van der Waals surface area contributed by atoms with E-state index in [1.807, 2.05) is 36.4 Å². The smallest absolute Gasteiger partial charge is 0.231 e. The van der Waals surface area contributed by atoms with Crippen molar-refractivity contribution < 1.29 is 14.2 Å². The zero-order chi connectivity index (χ0) is 14.7. The van der Waals surface area contributed by atoms with Crippen LogP contribution in [0.5, 0.6) is 17.2 Å². The summed E-state index contributed by atoms with van der Waals surface area (Å²) in [5.74, 6) is 2.48. The van der Waals surface area contributed by atoms with Crippen LogP contribution in [0, 0.1) is 0 Å². The van der Waals surface area contributed by atoms with E-state index >= 15 is 0 Å². The number of fused-ring (bicyclic) bond motifs is 1. The molecule has 0 amide bonds. The molecule has 1 N–H and O–H groups in total. The molecular formula is C17H19NO3. The lowest BCUT2D eigenvalue weighted by molar-refractivity contribution is 0.174. The van der Waals surface area contributed by atoms with Crippen LogP contribution in [-0.2, 0) is 0 Å². The molecule has 2 aromatic carbocycles. The first-order valence-corrected chi connectivity index (χ1v) is 7.11. The van der Waals surface area contributed by atoms with Gasteiger partial charge in [-0.05, 0) is 24.6 Å². The molecule has 0 bridgehead atoms. The number of hydrogen-bond donors (Lipinski definition) is 1. The van der Waals surface area contributed by atoms with Gasteiger partial charge < -0.3 is 19.5 Å². The lowest BCUT2D eigenvalue weighted by atomic mass is 10.0.